The van der Waals surface area contributed by atoms with Gasteiger partial charge in [-0.25, -0.2) is 17.5 Å². The fourth-order valence-corrected chi connectivity index (χ4v) is 3.19. The van der Waals surface area contributed by atoms with Gasteiger partial charge >= 0.3 is 0 Å². The predicted octanol–water partition coefficient (Wildman–Crippen LogP) is 2.40. The molecule has 0 aliphatic rings. The molecular weight excluding hydrogens is 373 g/mol. The van der Waals surface area contributed by atoms with Crippen molar-refractivity contribution in [3.8, 4) is 0 Å². The summed E-state index contributed by atoms with van der Waals surface area (Å²) in [5, 5.41) is 5.26. The molecule has 0 bridgehead atoms. The summed E-state index contributed by atoms with van der Waals surface area (Å²) in [6, 6.07) is 10.9. The first-order chi connectivity index (χ1) is 12.6. The van der Waals surface area contributed by atoms with Crippen LogP contribution >= 0.6 is 0 Å². The minimum atomic E-state index is -3.59. The normalized spacial score (nSPS) is 12.3. The first-order valence-electron chi connectivity index (χ1n) is 8.02. The second-order valence-electron chi connectivity index (χ2n) is 6.01. The minimum Gasteiger partial charge on any atom is -0.326 e. The number of hydrogen-bond acceptors (Lipinski definition) is 4. The Morgan fingerprint density at radius 2 is 1.63 bits per heavy atom. The van der Waals surface area contributed by atoms with E-state index >= 15 is 0 Å². The van der Waals surface area contributed by atoms with Crippen LogP contribution in [0.15, 0.2) is 48.5 Å². The molecule has 0 aliphatic carbocycles. The van der Waals surface area contributed by atoms with E-state index < -0.39 is 27.8 Å². The molecule has 0 radical (unpaired) electrons. The van der Waals surface area contributed by atoms with E-state index in [-0.39, 0.29) is 12.3 Å². The lowest BCUT2D eigenvalue weighted by molar-refractivity contribution is -0.116. The summed E-state index contributed by atoms with van der Waals surface area (Å²) < 4.78 is 38.7. The Morgan fingerprint density at radius 1 is 1.04 bits per heavy atom. The van der Waals surface area contributed by atoms with Crippen LogP contribution in [0.5, 0.6) is 0 Å². The van der Waals surface area contributed by atoms with Crippen LogP contribution in [0.25, 0.3) is 0 Å². The molecule has 2 aromatic rings. The highest BCUT2D eigenvalue weighted by molar-refractivity contribution is 7.88. The van der Waals surface area contributed by atoms with Gasteiger partial charge in [0.05, 0.1) is 12.3 Å². The van der Waals surface area contributed by atoms with Crippen molar-refractivity contribution in [1.82, 2.24) is 4.72 Å². The summed E-state index contributed by atoms with van der Waals surface area (Å²) in [5.41, 5.74) is 1.43. The molecule has 3 N–H and O–H groups in total. The third kappa shape index (κ3) is 7.16. The van der Waals surface area contributed by atoms with E-state index in [1.165, 1.54) is 31.2 Å². The molecule has 2 aromatic carbocycles. The average molecular weight is 393 g/mol. The Bertz CT molecular complexity index is 930. The van der Waals surface area contributed by atoms with E-state index in [2.05, 4.69) is 15.4 Å². The average Bonchev–Trinajstić information content (AvgIpc) is 2.53. The van der Waals surface area contributed by atoms with Crippen molar-refractivity contribution in [2.75, 3.05) is 16.9 Å². The quantitative estimate of drug-likeness (QED) is 0.672. The molecule has 0 saturated heterocycles. The van der Waals surface area contributed by atoms with Gasteiger partial charge in [0.1, 0.15) is 5.82 Å². The maximum atomic E-state index is 13.1. The number of carbonyl (C=O) groups excluding carboxylic acids is 2. The van der Waals surface area contributed by atoms with E-state index in [9.17, 15) is 22.4 Å². The van der Waals surface area contributed by atoms with Crippen LogP contribution in [0.4, 0.5) is 15.8 Å². The van der Waals surface area contributed by atoms with Gasteiger partial charge in [0.2, 0.25) is 21.8 Å². The Kier molecular flexibility index (Phi) is 6.65. The summed E-state index contributed by atoms with van der Waals surface area (Å²) in [7, 11) is -3.59. The highest BCUT2D eigenvalue weighted by Gasteiger charge is 2.20. The van der Waals surface area contributed by atoms with Crippen LogP contribution in [0, 0.1) is 5.82 Å². The maximum Gasteiger partial charge on any atom is 0.226 e. The molecule has 2 rings (SSSR count). The number of rotatable bonds is 7. The molecule has 0 heterocycles. The third-order valence-electron chi connectivity index (χ3n) is 3.48. The van der Waals surface area contributed by atoms with Crippen LogP contribution in [-0.4, -0.2) is 26.5 Å². The fourth-order valence-electron chi connectivity index (χ4n) is 2.46. The van der Waals surface area contributed by atoms with Crippen molar-refractivity contribution in [1.29, 1.82) is 0 Å². The molecular formula is C18H20FN3O4S. The number of benzene rings is 2. The first-order valence-corrected chi connectivity index (χ1v) is 9.92. The molecule has 0 aromatic heterocycles. The number of nitrogens with one attached hydrogen (secondary N) is 3. The number of carbonyl (C=O) groups is 2. The number of amides is 2. The van der Waals surface area contributed by atoms with E-state index in [0.717, 1.165) is 6.26 Å². The van der Waals surface area contributed by atoms with Crippen molar-refractivity contribution in [2.45, 2.75) is 19.4 Å². The van der Waals surface area contributed by atoms with Gasteiger partial charge in [0, 0.05) is 24.7 Å². The highest BCUT2D eigenvalue weighted by Crippen LogP contribution is 2.20. The summed E-state index contributed by atoms with van der Waals surface area (Å²) in [6.07, 6.45) is 0.793. The zero-order valence-corrected chi connectivity index (χ0v) is 15.6. The van der Waals surface area contributed by atoms with Crippen molar-refractivity contribution in [2.24, 2.45) is 0 Å². The minimum absolute atomic E-state index is 0.191. The Hall–Kier alpha value is -2.78. The zero-order chi connectivity index (χ0) is 20.0. The van der Waals surface area contributed by atoms with Crippen molar-refractivity contribution >= 4 is 33.2 Å². The van der Waals surface area contributed by atoms with Gasteiger partial charge in [0.25, 0.3) is 0 Å². The number of sulfonamides is 1. The second kappa shape index (κ2) is 8.74. The molecule has 0 spiro atoms. The van der Waals surface area contributed by atoms with Crippen molar-refractivity contribution < 1.29 is 22.4 Å². The molecule has 1 atom stereocenters. The van der Waals surface area contributed by atoms with Gasteiger partial charge in [-0.05, 0) is 35.9 Å². The lowest BCUT2D eigenvalue weighted by Gasteiger charge is -2.18. The van der Waals surface area contributed by atoms with Crippen LogP contribution in [0.1, 0.15) is 24.9 Å². The van der Waals surface area contributed by atoms with Crippen LogP contribution < -0.4 is 15.4 Å². The monoisotopic (exact) mass is 393 g/mol. The second-order valence-corrected chi connectivity index (χ2v) is 7.79. The van der Waals surface area contributed by atoms with Gasteiger partial charge in [-0.1, -0.05) is 18.2 Å². The third-order valence-corrected chi connectivity index (χ3v) is 4.20. The van der Waals surface area contributed by atoms with Crippen molar-refractivity contribution in [3.63, 3.8) is 0 Å². The standard InChI is InChI=1S/C18H20FN3O4S/c1-12(23)20-15-4-3-5-16(10-15)21-18(24)11-17(22-27(2,25)26)13-6-8-14(19)9-7-13/h3-10,17,22H,11H2,1-2H3,(H,20,23)(H,21,24). The van der Waals surface area contributed by atoms with E-state index in [4.69, 9.17) is 0 Å². The number of halogens is 1. The summed E-state index contributed by atoms with van der Waals surface area (Å²) in [6.45, 7) is 1.37. The molecule has 144 valence electrons. The lowest BCUT2D eigenvalue weighted by Crippen LogP contribution is -2.30. The van der Waals surface area contributed by atoms with Gasteiger partial charge in [-0.15, -0.1) is 0 Å². The van der Waals surface area contributed by atoms with Crippen LogP contribution in [0.3, 0.4) is 0 Å². The summed E-state index contributed by atoms with van der Waals surface area (Å²) >= 11 is 0. The lowest BCUT2D eigenvalue weighted by atomic mass is 10.0. The first kappa shape index (κ1) is 20.5. The Labute approximate surface area is 157 Å². The van der Waals surface area contributed by atoms with Gasteiger partial charge in [-0.2, -0.15) is 0 Å². The maximum absolute atomic E-state index is 13.1. The SMILES string of the molecule is CC(=O)Nc1cccc(NC(=O)CC(NS(C)(=O)=O)c2ccc(F)cc2)c1. The van der Waals surface area contributed by atoms with Gasteiger partial charge in [0.15, 0.2) is 0 Å². The Morgan fingerprint density at radius 3 is 2.19 bits per heavy atom. The largest absolute Gasteiger partial charge is 0.326 e. The molecule has 2 amide bonds. The van der Waals surface area contributed by atoms with E-state index in [1.807, 2.05) is 0 Å². The van der Waals surface area contributed by atoms with Crippen LogP contribution in [-0.2, 0) is 19.6 Å². The summed E-state index contributed by atoms with van der Waals surface area (Å²) in [5.74, 6) is -1.15. The number of anilines is 2. The summed E-state index contributed by atoms with van der Waals surface area (Å²) in [4.78, 5) is 23.5. The predicted molar refractivity (Wildman–Crippen MR) is 101 cm³/mol. The van der Waals surface area contributed by atoms with Crippen molar-refractivity contribution in [3.05, 3.63) is 59.9 Å². The molecule has 0 saturated carbocycles. The van der Waals surface area contributed by atoms with Gasteiger partial charge < -0.3 is 10.6 Å². The molecule has 1 unspecified atom stereocenters. The van der Waals surface area contributed by atoms with Gasteiger partial charge in [-0.3, -0.25) is 9.59 Å². The molecule has 27 heavy (non-hydrogen) atoms. The van der Waals surface area contributed by atoms with E-state index in [1.54, 1.807) is 24.3 Å². The number of hydrogen-bond donors (Lipinski definition) is 3. The van der Waals surface area contributed by atoms with Crippen LogP contribution in [0.2, 0.25) is 0 Å². The topological polar surface area (TPSA) is 104 Å². The highest BCUT2D eigenvalue weighted by atomic mass is 32.2. The van der Waals surface area contributed by atoms with E-state index in [0.29, 0.717) is 16.9 Å². The molecule has 0 aliphatic heterocycles. The zero-order valence-electron chi connectivity index (χ0n) is 14.8. The molecule has 9 heteroatoms. The smallest absolute Gasteiger partial charge is 0.226 e. The molecule has 7 nitrogen and oxygen atoms in total. The molecule has 0 fully saturated rings. The Balaban J connectivity index is 2.13. The fraction of sp³-hybridized carbons (Fsp3) is 0.222.